The van der Waals surface area contributed by atoms with Crippen molar-refractivity contribution in [3.63, 3.8) is 0 Å². The molecule has 4 aliphatic rings. The van der Waals surface area contributed by atoms with Crippen LogP contribution in [0.1, 0.15) is 149 Å². The van der Waals surface area contributed by atoms with Gasteiger partial charge in [-0.25, -0.2) is 4.39 Å². The molecular formula is C55H82FN7O5. The summed E-state index contributed by atoms with van der Waals surface area (Å²) in [7, 11) is 0. The summed E-state index contributed by atoms with van der Waals surface area (Å²) in [5.41, 5.74) is 2.12. The van der Waals surface area contributed by atoms with Crippen LogP contribution in [-0.4, -0.2) is 72.2 Å². The molecule has 4 bridgehead atoms. The second kappa shape index (κ2) is 29.2. The quantitative estimate of drug-likeness (QED) is 0.0627. The number of hydrogen-bond acceptors (Lipinski definition) is 5. The van der Waals surface area contributed by atoms with E-state index in [-0.39, 0.29) is 34.6 Å². The van der Waals surface area contributed by atoms with Gasteiger partial charge in [-0.1, -0.05) is 99.6 Å². The molecule has 4 fully saturated rings. The van der Waals surface area contributed by atoms with Crippen LogP contribution in [0.2, 0.25) is 0 Å². The Morgan fingerprint density at radius 2 is 0.853 bits per heavy atom. The van der Waals surface area contributed by atoms with E-state index in [9.17, 15) is 28.4 Å². The van der Waals surface area contributed by atoms with Crippen LogP contribution >= 0.6 is 0 Å². The summed E-state index contributed by atoms with van der Waals surface area (Å²) in [6.45, 7) is 24.3. The summed E-state index contributed by atoms with van der Waals surface area (Å²) in [6.07, 6.45) is 11.3. The Hall–Kier alpha value is -5.72. The van der Waals surface area contributed by atoms with Crippen molar-refractivity contribution in [3.05, 3.63) is 120 Å². The highest BCUT2D eigenvalue weighted by molar-refractivity contribution is 5.95. The molecule has 2 heterocycles. The topological polar surface area (TPSA) is 177 Å². The van der Waals surface area contributed by atoms with Crippen LogP contribution in [0.3, 0.4) is 0 Å². The Morgan fingerprint density at radius 1 is 0.485 bits per heavy atom. The van der Waals surface area contributed by atoms with Gasteiger partial charge in [0.05, 0.1) is 5.56 Å². The van der Waals surface area contributed by atoms with Crippen LogP contribution in [-0.2, 0) is 4.79 Å². The van der Waals surface area contributed by atoms with Gasteiger partial charge in [0.15, 0.2) is 0 Å². The molecule has 12 nitrogen and oxygen atoms in total. The molecule has 0 radical (unpaired) electrons. The average molecular weight is 940 g/mol. The van der Waals surface area contributed by atoms with Crippen molar-refractivity contribution in [1.29, 1.82) is 0 Å². The average Bonchev–Trinajstić information content (AvgIpc) is 4.05. The van der Waals surface area contributed by atoms with E-state index >= 15 is 0 Å². The zero-order chi connectivity index (χ0) is 50.2. The van der Waals surface area contributed by atoms with Crippen LogP contribution in [0.5, 0.6) is 0 Å². The number of amides is 5. The highest BCUT2D eigenvalue weighted by atomic mass is 19.1. The molecular weight excluding hydrogens is 858 g/mol. The van der Waals surface area contributed by atoms with Gasteiger partial charge in [0.1, 0.15) is 17.2 Å². The molecule has 2 aromatic carbocycles. The Balaban J connectivity index is 0.000000227. The summed E-state index contributed by atoms with van der Waals surface area (Å²) in [4.78, 5) is 63.6. The van der Waals surface area contributed by atoms with Crippen molar-refractivity contribution < 1.29 is 28.4 Å². The maximum absolute atomic E-state index is 13.1. The lowest BCUT2D eigenvalue weighted by Gasteiger charge is -2.55. The first-order chi connectivity index (χ1) is 32.3. The predicted molar refractivity (Wildman–Crippen MR) is 272 cm³/mol. The first kappa shape index (κ1) is 56.6. The van der Waals surface area contributed by atoms with Gasteiger partial charge in [-0.05, 0) is 134 Å². The molecule has 4 saturated carbocycles. The van der Waals surface area contributed by atoms with Gasteiger partial charge in [-0.15, -0.1) is 0 Å². The summed E-state index contributed by atoms with van der Waals surface area (Å²) in [6, 6.07) is 22.4. The van der Waals surface area contributed by atoms with Crippen LogP contribution in [0.4, 0.5) is 4.39 Å². The number of halogens is 1. The second-order valence-electron chi connectivity index (χ2n) is 20.7. The summed E-state index contributed by atoms with van der Waals surface area (Å²) < 4.78 is 13.1. The molecule has 0 saturated heterocycles. The van der Waals surface area contributed by atoms with Gasteiger partial charge in [-0.3, -0.25) is 24.0 Å². The molecule has 7 N–H and O–H groups in total. The fraction of sp³-hybridized carbons (Fsp3) is 0.545. The van der Waals surface area contributed by atoms with Crippen LogP contribution in [0, 0.1) is 58.6 Å². The first-order valence-electron chi connectivity index (χ1n) is 24.8. The van der Waals surface area contributed by atoms with E-state index in [0.717, 1.165) is 49.5 Å². The lowest BCUT2D eigenvalue weighted by atomic mass is 9.49. The van der Waals surface area contributed by atoms with Gasteiger partial charge in [0, 0.05) is 56.1 Å². The van der Waals surface area contributed by atoms with Crippen molar-refractivity contribution in [2.45, 2.75) is 108 Å². The minimum Gasteiger partial charge on any atom is -0.357 e. The Bertz CT molecular complexity index is 1990. The van der Waals surface area contributed by atoms with E-state index in [1.54, 1.807) is 36.7 Å². The number of nitrogens with one attached hydrogen (secondary N) is 7. The maximum Gasteiger partial charge on any atom is 0.267 e. The number of benzene rings is 2. The van der Waals surface area contributed by atoms with Gasteiger partial charge >= 0.3 is 0 Å². The van der Waals surface area contributed by atoms with Crippen molar-refractivity contribution in [2.24, 2.45) is 52.8 Å². The van der Waals surface area contributed by atoms with Crippen LogP contribution < -0.4 is 26.6 Å². The van der Waals surface area contributed by atoms with E-state index in [4.69, 9.17) is 0 Å². The van der Waals surface area contributed by atoms with E-state index in [1.807, 2.05) is 56.3 Å². The molecule has 0 atom stereocenters. The van der Waals surface area contributed by atoms with Crippen molar-refractivity contribution in [1.82, 2.24) is 36.6 Å². The summed E-state index contributed by atoms with van der Waals surface area (Å²) in [5.74, 6) is 4.50. The maximum atomic E-state index is 13.1. The summed E-state index contributed by atoms with van der Waals surface area (Å²) >= 11 is 0. The number of hydrogen-bond donors (Lipinski definition) is 7. The van der Waals surface area contributed by atoms with E-state index in [2.05, 4.69) is 91.9 Å². The molecule has 0 unspecified atom stereocenters. The first-order valence-corrected chi connectivity index (χ1v) is 24.8. The Kier molecular flexibility index (Phi) is 24.3. The molecule has 0 spiro atoms. The number of aromatic nitrogens is 2. The molecule has 0 aliphatic heterocycles. The number of carbonyl (C=O) groups excluding carboxylic acids is 5. The largest absolute Gasteiger partial charge is 0.357 e. The number of H-pyrrole nitrogens is 2. The van der Waals surface area contributed by atoms with E-state index < -0.39 is 5.82 Å². The van der Waals surface area contributed by atoms with Gasteiger partial charge < -0.3 is 36.6 Å². The molecule has 13 heteroatoms. The Morgan fingerprint density at radius 3 is 1.24 bits per heavy atom. The third-order valence-corrected chi connectivity index (χ3v) is 11.7. The second-order valence-corrected chi connectivity index (χ2v) is 20.7. The third kappa shape index (κ3) is 20.7. The fourth-order valence-electron chi connectivity index (χ4n) is 8.63. The standard InChI is InChI=1S/C15H25NO.C11H14FNO.C11H15NO.2C9H14N2O/c1-10(2)9-16-14(17)15-6-11-3-12(7-15)5-13(4-11)8-15;1-8(2)7-13-11(14)9-5-3-4-6-10(9)12;1-9(2)8-12-11(13)10-6-4-3-5-7-10;2*1-7(2)6-11-9(12)8-4-3-5-10-8/h10-13H,3-9H2,1-2H3,(H,16,17);3-6,8H,7H2,1-2H3,(H,13,14);3-7,9H,8H2,1-2H3,(H,12,13);2*3-5,7,10H,6H2,1-2H3,(H,11,12). The normalized spacial score (nSPS) is 18.4. The van der Waals surface area contributed by atoms with Crippen molar-refractivity contribution >= 4 is 29.5 Å². The number of aromatic amines is 2. The molecule has 8 rings (SSSR count). The third-order valence-electron chi connectivity index (χ3n) is 11.7. The predicted octanol–water partition coefficient (Wildman–Crippen LogP) is 10.1. The van der Waals surface area contributed by atoms with E-state index in [0.29, 0.717) is 53.4 Å². The van der Waals surface area contributed by atoms with E-state index in [1.165, 1.54) is 50.7 Å². The molecule has 5 amide bonds. The minimum absolute atomic E-state index is 0.00861. The summed E-state index contributed by atoms with van der Waals surface area (Å²) in [5, 5.41) is 14.3. The zero-order valence-electron chi connectivity index (χ0n) is 42.5. The van der Waals surface area contributed by atoms with Crippen molar-refractivity contribution in [2.75, 3.05) is 32.7 Å². The smallest absolute Gasteiger partial charge is 0.267 e. The van der Waals surface area contributed by atoms with Crippen LogP contribution in [0.25, 0.3) is 0 Å². The lowest BCUT2D eigenvalue weighted by molar-refractivity contribution is -0.146. The van der Waals surface area contributed by atoms with Gasteiger partial charge in [0.2, 0.25) is 5.91 Å². The molecule has 2 aromatic heterocycles. The monoisotopic (exact) mass is 940 g/mol. The SMILES string of the molecule is CC(C)CNC(=O)C12CC3CC(CC(C3)C1)C2.CC(C)CNC(=O)c1ccc[nH]1.CC(C)CNC(=O)c1ccc[nH]1.CC(C)CNC(=O)c1ccccc1.CC(C)CNC(=O)c1ccccc1F. The molecule has 68 heavy (non-hydrogen) atoms. The van der Waals surface area contributed by atoms with Gasteiger partial charge in [-0.2, -0.15) is 0 Å². The number of carbonyl (C=O) groups is 5. The zero-order valence-corrected chi connectivity index (χ0v) is 42.5. The van der Waals surface area contributed by atoms with Crippen molar-refractivity contribution in [3.8, 4) is 0 Å². The lowest BCUT2D eigenvalue weighted by Crippen LogP contribution is -2.53. The minimum atomic E-state index is -0.478. The Labute approximate surface area is 406 Å². The molecule has 374 valence electrons. The fourth-order valence-corrected chi connectivity index (χ4v) is 8.63. The molecule has 4 aromatic rings. The highest BCUT2D eigenvalue weighted by Crippen LogP contribution is 2.60. The van der Waals surface area contributed by atoms with Gasteiger partial charge in [0.25, 0.3) is 23.6 Å². The number of rotatable bonds is 15. The van der Waals surface area contributed by atoms with Crippen LogP contribution in [0.15, 0.2) is 91.3 Å². The molecule has 4 aliphatic carbocycles. The highest BCUT2D eigenvalue weighted by Gasteiger charge is 2.54.